The summed E-state index contributed by atoms with van der Waals surface area (Å²) in [6, 6.07) is 5.99. The van der Waals surface area contributed by atoms with Gasteiger partial charge in [0.2, 0.25) is 0 Å². The molecule has 20 heavy (non-hydrogen) atoms. The van der Waals surface area contributed by atoms with Crippen molar-refractivity contribution in [2.45, 2.75) is 13.0 Å². The number of nitrogens with one attached hydrogen (secondary N) is 1. The minimum atomic E-state index is -0.414. The Morgan fingerprint density at radius 1 is 1.50 bits per heavy atom. The molecule has 2 aromatic rings. The molecule has 0 saturated heterocycles. The fourth-order valence-corrected chi connectivity index (χ4v) is 2.31. The lowest BCUT2D eigenvalue weighted by Gasteiger charge is -2.09. The first-order chi connectivity index (χ1) is 9.65. The molecule has 104 valence electrons. The molecular formula is C13H11FIN3O2. The highest BCUT2D eigenvalue weighted by molar-refractivity contribution is 14.1. The van der Waals surface area contributed by atoms with E-state index in [9.17, 15) is 4.39 Å². The van der Waals surface area contributed by atoms with Gasteiger partial charge in [-0.1, -0.05) is 0 Å². The Kier molecular flexibility index (Phi) is 4.92. The SMILES string of the molecule is N#Cc1n[nH]c(CCOc2ccc(F)cc2CO)c1I. The van der Waals surface area contributed by atoms with Crippen molar-refractivity contribution in [3.05, 3.63) is 44.5 Å². The summed E-state index contributed by atoms with van der Waals surface area (Å²) in [5.74, 6) is 0.0344. The summed E-state index contributed by atoms with van der Waals surface area (Å²) in [6.07, 6.45) is 0.537. The number of hydrogen-bond donors (Lipinski definition) is 2. The second-order valence-electron chi connectivity index (χ2n) is 3.99. The number of aliphatic hydroxyl groups excluding tert-OH is 1. The zero-order valence-corrected chi connectivity index (χ0v) is 12.5. The summed E-state index contributed by atoms with van der Waals surface area (Å²) < 4.78 is 19.3. The molecule has 5 nitrogen and oxygen atoms in total. The largest absolute Gasteiger partial charge is 0.493 e. The van der Waals surface area contributed by atoms with Gasteiger partial charge in [-0.05, 0) is 40.8 Å². The number of aromatic nitrogens is 2. The van der Waals surface area contributed by atoms with E-state index in [0.717, 1.165) is 9.26 Å². The monoisotopic (exact) mass is 387 g/mol. The van der Waals surface area contributed by atoms with Crippen molar-refractivity contribution in [1.82, 2.24) is 10.2 Å². The van der Waals surface area contributed by atoms with Crippen LogP contribution in [0, 0.1) is 20.7 Å². The first-order valence-corrected chi connectivity index (χ1v) is 6.88. The summed E-state index contributed by atoms with van der Waals surface area (Å²) in [6.45, 7) is 0.0506. The van der Waals surface area contributed by atoms with Crippen molar-refractivity contribution >= 4 is 22.6 Å². The number of benzene rings is 1. The smallest absolute Gasteiger partial charge is 0.175 e. The number of nitriles is 1. The Morgan fingerprint density at radius 2 is 2.30 bits per heavy atom. The van der Waals surface area contributed by atoms with Gasteiger partial charge in [0.1, 0.15) is 17.6 Å². The molecule has 0 fully saturated rings. The molecule has 0 aliphatic heterocycles. The second-order valence-corrected chi connectivity index (χ2v) is 5.06. The first-order valence-electron chi connectivity index (χ1n) is 5.80. The molecule has 0 aliphatic carbocycles. The maximum absolute atomic E-state index is 13.0. The van der Waals surface area contributed by atoms with E-state index in [-0.39, 0.29) is 6.61 Å². The summed E-state index contributed by atoms with van der Waals surface area (Å²) in [5, 5.41) is 24.6. The molecule has 0 radical (unpaired) electrons. The van der Waals surface area contributed by atoms with E-state index in [1.165, 1.54) is 18.2 Å². The number of hydrogen-bond acceptors (Lipinski definition) is 4. The Balaban J connectivity index is 1.99. The van der Waals surface area contributed by atoms with Crippen molar-refractivity contribution < 1.29 is 14.2 Å². The maximum Gasteiger partial charge on any atom is 0.175 e. The minimum absolute atomic E-state index is 0.284. The Morgan fingerprint density at radius 3 is 2.95 bits per heavy atom. The number of aromatic amines is 1. The van der Waals surface area contributed by atoms with Gasteiger partial charge in [0.15, 0.2) is 5.69 Å². The molecule has 1 aromatic carbocycles. The number of H-pyrrole nitrogens is 1. The summed E-state index contributed by atoms with van der Waals surface area (Å²) in [5.41, 5.74) is 1.58. The number of aliphatic hydroxyl groups is 1. The van der Waals surface area contributed by atoms with Crippen LogP contribution in [0.2, 0.25) is 0 Å². The molecule has 1 aromatic heterocycles. The molecule has 0 amide bonds. The van der Waals surface area contributed by atoms with Crippen LogP contribution in [0.15, 0.2) is 18.2 Å². The van der Waals surface area contributed by atoms with Crippen molar-refractivity contribution in [2.75, 3.05) is 6.61 Å². The van der Waals surface area contributed by atoms with Crippen LogP contribution in [0.1, 0.15) is 17.0 Å². The Hall–Kier alpha value is -1.66. The Bertz CT molecular complexity index is 652. The zero-order valence-electron chi connectivity index (χ0n) is 10.4. The molecular weight excluding hydrogens is 376 g/mol. The van der Waals surface area contributed by atoms with Crippen LogP contribution in [0.3, 0.4) is 0 Å². The van der Waals surface area contributed by atoms with Gasteiger partial charge >= 0.3 is 0 Å². The van der Waals surface area contributed by atoms with Gasteiger partial charge in [-0.3, -0.25) is 5.10 Å². The van der Waals surface area contributed by atoms with E-state index in [4.69, 9.17) is 15.1 Å². The topological polar surface area (TPSA) is 81.9 Å². The van der Waals surface area contributed by atoms with Crippen molar-refractivity contribution in [3.8, 4) is 11.8 Å². The van der Waals surface area contributed by atoms with E-state index < -0.39 is 5.82 Å². The normalized spacial score (nSPS) is 10.3. The van der Waals surface area contributed by atoms with Crippen LogP contribution in [0.4, 0.5) is 4.39 Å². The molecule has 2 N–H and O–H groups in total. The van der Waals surface area contributed by atoms with E-state index in [1.54, 1.807) is 0 Å². The third kappa shape index (κ3) is 3.26. The van der Waals surface area contributed by atoms with Gasteiger partial charge in [0.25, 0.3) is 0 Å². The summed E-state index contributed by atoms with van der Waals surface area (Å²) in [4.78, 5) is 0. The third-order valence-electron chi connectivity index (χ3n) is 2.68. The van der Waals surface area contributed by atoms with Gasteiger partial charge < -0.3 is 9.84 Å². The lowest BCUT2D eigenvalue weighted by molar-refractivity contribution is 0.262. The van der Waals surface area contributed by atoms with E-state index in [2.05, 4.69) is 10.2 Å². The zero-order chi connectivity index (χ0) is 14.5. The van der Waals surface area contributed by atoms with Crippen LogP contribution >= 0.6 is 22.6 Å². The van der Waals surface area contributed by atoms with Crippen LogP contribution in [0.5, 0.6) is 5.75 Å². The standard InChI is InChI=1S/C13H11FIN3O2/c14-9-1-2-12(8(5-9)7-19)20-4-3-10-13(15)11(6-16)18-17-10/h1-2,5,19H,3-4,7H2,(H,17,18). The predicted octanol–water partition coefficient (Wildman–Crippen LogP) is 2.14. The number of halogens is 2. The lowest BCUT2D eigenvalue weighted by Crippen LogP contribution is -2.05. The van der Waals surface area contributed by atoms with Gasteiger partial charge in [0, 0.05) is 12.0 Å². The van der Waals surface area contributed by atoms with E-state index in [1.807, 2.05) is 28.7 Å². The summed E-state index contributed by atoms with van der Waals surface area (Å²) >= 11 is 2.05. The molecule has 0 unspecified atom stereocenters. The van der Waals surface area contributed by atoms with Gasteiger partial charge in [-0.15, -0.1) is 0 Å². The predicted molar refractivity (Wildman–Crippen MR) is 77.5 cm³/mol. The minimum Gasteiger partial charge on any atom is -0.493 e. The molecule has 1 heterocycles. The van der Waals surface area contributed by atoms with Crippen molar-refractivity contribution in [2.24, 2.45) is 0 Å². The summed E-state index contributed by atoms with van der Waals surface area (Å²) in [7, 11) is 0. The molecule has 0 spiro atoms. The molecule has 7 heteroatoms. The van der Waals surface area contributed by atoms with Crippen LogP contribution in [-0.4, -0.2) is 21.9 Å². The number of ether oxygens (including phenoxy) is 1. The van der Waals surface area contributed by atoms with Crippen LogP contribution in [0.25, 0.3) is 0 Å². The average molecular weight is 387 g/mol. The van der Waals surface area contributed by atoms with Gasteiger partial charge in [-0.2, -0.15) is 10.4 Å². The van der Waals surface area contributed by atoms with Crippen LogP contribution < -0.4 is 4.74 Å². The van der Waals surface area contributed by atoms with Gasteiger partial charge in [-0.25, -0.2) is 4.39 Å². The molecule has 0 atom stereocenters. The molecule has 0 bridgehead atoms. The molecule has 0 aliphatic rings. The highest BCUT2D eigenvalue weighted by atomic mass is 127. The molecule has 2 rings (SSSR count). The quantitative estimate of drug-likeness (QED) is 0.771. The second kappa shape index (κ2) is 6.67. The first kappa shape index (κ1) is 14.7. The fourth-order valence-electron chi connectivity index (χ4n) is 1.68. The Labute approximate surface area is 128 Å². The van der Waals surface area contributed by atoms with E-state index >= 15 is 0 Å². The third-order valence-corrected chi connectivity index (χ3v) is 3.85. The van der Waals surface area contributed by atoms with Crippen molar-refractivity contribution in [1.29, 1.82) is 5.26 Å². The maximum atomic E-state index is 13.0. The lowest BCUT2D eigenvalue weighted by atomic mass is 10.2. The van der Waals surface area contributed by atoms with Crippen LogP contribution in [-0.2, 0) is 13.0 Å². The highest BCUT2D eigenvalue weighted by Gasteiger charge is 2.10. The fraction of sp³-hybridized carbons (Fsp3) is 0.231. The van der Waals surface area contributed by atoms with E-state index in [0.29, 0.717) is 30.0 Å². The number of nitrogens with zero attached hydrogens (tertiary/aromatic N) is 2. The average Bonchev–Trinajstić information content (AvgIpc) is 2.81. The van der Waals surface area contributed by atoms with Gasteiger partial charge in [0.05, 0.1) is 22.5 Å². The highest BCUT2D eigenvalue weighted by Crippen LogP contribution is 2.20. The molecule has 0 saturated carbocycles. The van der Waals surface area contributed by atoms with Crippen molar-refractivity contribution in [3.63, 3.8) is 0 Å². The number of rotatable bonds is 5.